The molecule has 0 aliphatic carbocycles. The van der Waals surface area contributed by atoms with Crippen molar-refractivity contribution in [1.29, 1.82) is 5.26 Å². The van der Waals surface area contributed by atoms with Crippen LogP contribution in [-0.2, 0) is 4.79 Å². The van der Waals surface area contributed by atoms with Gasteiger partial charge >= 0.3 is 17.4 Å². The first-order valence-corrected chi connectivity index (χ1v) is 8.90. The van der Waals surface area contributed by atoms with E-state index in [-0.39, 0.29) is 23.1 Å². The number of aromatic amines is 1. The first-order valence-electron chi connectivity index (χ1n) is 8.90. The fraction of sp³-hybridized carbons (Fsp3) is 0.588. The Kier molecular flexibility index (Phi) is 8.17. The lowest BCUT2D eigenvalue weighted by Crippen LogP contribution is -2.64. The molecule has 0 bridgehead atoms. The van der Waals surface area contributed by atoms with Gasteiger partial charge in [0.2, 0.25) is 0 Å². The Balaban J connectivity index is 3.01. The van der Waals surface area contributed by atoms with E-state index in [4.69, 9.17) is 5.26 Å². The molecule has 13 heteroatoms. The summed E-state index contributed by atoms with van der Waals surface area (Å²) in [5.41, 5.74) is -0.654. The van der Waals surface area contributed by atoms with Gasteiger partial charge in [0.05, 0.1) is 0 Å². The minimum Gasteiger partial charge on any atom is -0.385 e. The number of nitrogens with zero attached hydrogens (tertiary/aromatic N) is 5. The first-order chi connectivity index (χ1) is 13.8. The van der Waals surface area contributed by atoms with Gasteiger partial charge < -0.3 is 30.4 Å². The highest BCUT2D eigenvalue weighted by molar-refractivity contribution is 5.86. The van der Waals surface area contributed by atoms with Gasteiger partial charge in [-0.25, -0.2) is 9.79 Å². The number of aliphatic hydroxyl groups excluding tert-OH is 1. The van der Waals surface area contributed by atoms with E-state index in [0.717, 1.165) is 13.1 Å². The molecule has 0 radical (unpaired) electrons. The largest absolute Gasteiger partial charge is 0.385 e. The smallest absolute Gasteiger partial charge is 0.348 e. The maximum Gasteiger partial charge on any atom is 0.348 e. The third kappa shape index (κ3) is 5.81. The van der Waals surface area contributed by atoms with Crippen molar-refractivity contribution in [2.24, 2.45) is 10.9 Å². The summed E-state index contributed by atoms with van der Waals surface area (Å²) in [6.45, 7) is 3.23. The third-order valence-electron chi connectivity index (χ3n) is 4.27. The van der Waals surface area contributed by atoms with E-state index in [9.17, 15) is 35.1 Å². The lowest BCUT2D eigenvalue weighted by atomic mass is 9.99. The molecule has 1 amide bonds. The summed E-state index contributed by atoms with van der Waals surface area (Å²) in [5.74, 6) is -8.96. The van der Waals surface area contributed by atoms with Gasteiger partial charge in [-0.1, -0.05) is 13.8 Å². The number of nitrogens with one attached hydrogen (secondary N) is 1. The van der Waals surface area contributed by atoms with Crippen molar-refractivity contribution in [3.63, 3.8) is 0 Å². The van der Waals surface area contributed by atoms with Gasteiger partial charge in [-0.2, -0.15) is 10.2 Å². The number of likely N-dealkylation sites (N-methyl/N-ethyl adjacent to an activating group) is 1. The minimum absolute atomic E-state index is 0.0421. The number of aliphatic imine (C=N–C) groups is 1. The molecule has 0 saturated heterocycles. The number of aliphatic hydroxyl groups is 5. The molecule has 2 unspecified atom stereocenters. The number of carbonyl (C=O) groups is 1. The molecule has 1 rings (SSSR count). The van der Waals surface area contributed by atoms with Gasteiger partial charge in [-0.15, -0.1) is 0 Å². The second kappa shape index (κ2) is 9.74. The number of aromatic nitrogens is 2. The number of amides is 1. The predicted octanol–water partition coefficient (Wildman–Crippen LogP) is -2.38. The first kappa shape index (κ1) is 25.1. The highest BCUT2D eigenvalue weighted by Crippen LogP contribution is 2.23. The van der Waals surface area contributed by atoms with Crippen molar-refractivity contribution >= 4 is 23.8 Å². The lowest BCUT2D eigenvalue weighted by Gasteiger charge is -2.39. The molecule has 0 aliphatic rings. The second-order valence-corrected chi connectivity index (χ2v) is 6.79. The highest BCUT2D eigenvalue weighted by Gasteiger charge is 2.49. The average Bonchev–Trinajstić information content (AvgIpc) is 2.69. The molecule has 0 saturated carbocycles. The van der Waals surface area contributed by atoms with Crippen LogP contribution in [0.5, 0.6) is 0 Å². The summed E-state index contributed by atoms with van der Waals surface area (Å²) in [6.07, 6.45) is 0.237. The van der Waals surface area contributed by atoms with E-state index < -0.39 is 35.3 Å². The fourth-order valence-electron chi connectivity index (χ4n) is 2.52. The van der Waals surface area contributed by atoms with E-state index in [1.165, 1.54) is 24.9 Å². The molecule has 0 aliphatic heterocycles. The summed E-state index contributed by atoms with van der Waals surface area (Å²) in [6, 6.07) is 2.37. The fourth-order valence-corrected chi connectivity index (χ4v) is 2.52. The second-order valence-electron chi connectivity index (χ2n) is 6.79. The van der Waals surface area contributed by atoms with Crippen LogP contribution in [0.4, 0.5) is 11.6 Å². The minimum atomic E-state index is -3.50. The number of hydrogen-bond donors (Lipinski definition) is 6. The predicted molar refractivity (Wildman–Crippen MR) is 104 cm³/mol. The molecule has 2 atom stereocenters. The van der Waals surface area contributed by atoms with E-state index in [0.29, 0.717) is 6.42 Å². The molecule has 13 nitrogen and oxygen atoms in total. The number of rotatable bonds is 9. The molecule has 1 aromatic rings. The van der Waals surface area contributed by atoms with Crippen LogP contribution < -0.4 is 10.6 Å². The summed E-state index contributed by atoms with van der Waals surface area (Å²) >= 11 is 0. The Bertz CT molecular complexity index is 876. The van der Waals surface area contributed by atoms with Crippen LogP contribution in [0.25, 0.3) is 0 Å². The van der Waals surface area contributed by atoms with Gasteiger partial charge in [0.25, 0.3) is 5.91 Å². The topological polar surface area (TPSA) is 207 Å². The summed E-state index contributed by atoms with van der Waals surface area (Å²) in [4.78, 5) is 35.4. The maximum absolute atomic E-state index is 11.9. The van der Waals surface area contributed by atoms with E-state index >= 15 is 0 Å². The van der Waals surface area contributed by atoms with Crippen LogP contribution in [0.2, 0.25) is 0 Å². The highest BCUT2D eigenvalue weighted by atomic mass is 16.6. The van der Waals surface area contributed by atoms with Crippen molar-refractivity contribution in [3.8, 4) is 6.07 Å². The Labute approximate surface area is 172 Å². The van der Waals surface area contributed by atoms with Gasteiger partial charge in [0, 0.05) is 38.8 Å². The van der Waals surface area contributed by atoms with Gasteiger partial charge in [0.15, 0.2) is 0 Å². The number of H-pyrrole nitrogens is 1. The number of nitriles is 1. The zero-order valence-electron chi connectivity index (χ0n) is 17.0. The average molecular weight is 426 g/mol. The van der Waals surface area contributed by atoms with Gasteiger partial charge in [0.1, 0.15) is 23.8 Å². The summed E-state index contributed by atoms with van der Waals surface area (Å²) in [7, 11) is 2.31. The van der Waals surface area contributed by atoms with Crippen LogP contribution in [0.15, 0.2) is 15.9 Å². The number of hydrogen-bond acceptors (Lipinski definition) is 11. The van der Waals surface area contributed by atoms with Crippen molar-refractivity contribution < 1.29 is 30.3 Å². The van der Waals surface area contributed by atoms with Crippen molar-refractivity contribution in [1.82, 2.24) is 14.9 Å². The molecule has 30 heavy (non-hydrogen) atoms. The normalized spacial score (nSPS) is 14.3. The van der Waals surface area contributed by atoms with Crippen LogP contribution in [0, 0.1) is 17.2 Å². The molecule has 1 heterocycles. The molecule has 0 spiro atoms. The zero-order valence-corrected chi connectivity index (χ0v) is 17.0. The van der Waals surface area contributed by atoms with E-state index in [1.807, 2.05) is 6.92 Å². The van der Waals surface area contributed by atoms with Gasteiger partial charge in [-0.05, 0) is 6.42 Å². The molecular weight excluding hydrogens is 400 g/mol. The molecular formula is C17H26N6O7. The Hall–Kier alpha value is -2.89. The van der Waals surface area contributed by atoms with Crippen LogP contribution >= 0.6 is 0 Å². The zero-order chi connectivity index (χ0) is 23.3. The van der Waals surface area contributed by atoms with E-state index in [2.05, 4.69) is 15.0 Å². The molecule has 0 fully saturated rings. The van der Waals surface area contributed by atoms with Gasteiger partial charge in [-0.3, -0.25) is 14.7 Å². The Morgan fingerprint density at radius 3 is 2.53 bits per heavy atom. The van der Waals surface area contributed by atoms with Crippen molar-refractivity contribution in [2.45, 2.75) is 38.1 Å². The van der Waals surface area contributed by atoms with Crippen LogP contribution in [-0.4, -0.2) is 91.0 Å². The molecule has 1 aromatic heterocycles. The lowest BCUT2D eigenvalue weighted by molar-refractivity contribution is -0.311. The Morgan fingerprint density at radius 2 is 2.00 bits per heavy atom. The third-order valence-corrected chi connectivity index (χ3v) is 4.27. The summed E-state index contributed by atoms with van der Waals surface area (Å²) in [5, 5.41) is 57.9. The Morgan fingerprint density at radius 1 is 1.40 bits per heavy atom. The van der Waals surface area contributed by atoms with Crippen LogP contribution in [0.3, 0.4) is 0 Å². The summed E-state index contributed by atoms with van der Waals surface area (Å²) < 4.78 is 0. The molecule has 166 valence electrons. The molecule has 0 aromatic carbocycles. The number of carbonyl (C=O) groups excluding carboxylic acids is 1. The van der Waals surface area contributed by atoms with Crippen LogP contribution in [0.1, 0.15) is 20.3 Å². The standard InChI is InChI=1S/C17H26N6O7/c1-5-6-19-11-7-12(21-15(26)20-11)22(3)8-10(2)13(24)17(29,30)23(4)14(25)16(27,28)9-18/h6-7,10,13,24,27-30H,5,8H2,1-4H3,(H,20,21,26). The SMILES string of the molecule is CCC=Nc1cc(N(C)CC(C)C(O)C(O)(O)N(C)C(=O)C(O)(O)C#N)nc(=O)[nH]1. The number of anilines is 1. The van der Waals surface area contributed by atoms with Crippen molar-refractivity contribution in [2.75, 3.05) is 25.5 Å². The van der Waals surface area contributed by atoms with E-state index in [1.54, 1.807) is 6.21 Å². The van der Waals surface area contributed by atoms with Crippen molar-refractivity contribution in [3.05, 3.63) is 16.6 Å². The maximum atomic E-state index is 11.9. The quantitative estimate of drug-likeness (QED) is 0.140. The molecule has 6 N–H and O–H groups in total. The monoisotopic (exact) mass is 426 g/mol.